The van der Waals surface area contributed by atoms with Crippen molar-refractivity contribution in [2.24, 2.45) is 5.73 Å². The first-order chi connectivity index (χ1) is 10.2. The van der Waals surface area contributed by atoms with Crippen molar-refractivity contribution in [3.63, 3.8) is 0 Å². The molecule has 3 aromatic rings. The summed E-state index contributed by atoms with van der Waals surface area (Å²) in [5.41, 5.74) is 9.62. The van der Waals surface area contributed by atoms with Gasteiger partial charge in [0.05, 0.1) is 13.2 Å². The Hall–Kier alpha value is -2.39. The van der Waals surface area contributed by atoms with Crippen molar-refractivity contribution in [1.82, 2.24) is 4.98 Å². The van der Waals surface area contributed by atoms with E-state index in [1.54, 1.807) is 7.11 Å². The van der Waals surface area contributed by atoms with Gasteiger partial charge < -0.3 is 10.5 Å². The van der Waals surface area contributed by atoms with Gasteiger partial charge in [-0.05, 0) is 29.5 Å². The Morgan fingerprint density at radius 2 is 1.86 bits per heavy atom. The summed E-state index contributed by atoms with van der Waals surface area (Å²) in [7, 11) is 1.67. The van der Waals surface area contributed by atoms with Crippen molar-refractivity contribution in [1.29, 1.82) is 0 Å². The van der Waals surface area contributed by atoms with E-state index in [2.05, 4.69) is 17.1 Å². The fourth-order valence-corrected chi connectivity index (χ4v) is 2.63. The van der Waals surface area contributed by atoms with Crippen LogP contribution in [0.25, 0.3) is 10.8 Å². The first-order valence-corrected chi connectivity index (χ1v) is 6.93. The number of hydrogen-bond donors (Lipinski definition) is 1. The molecule has 0 fully saturated rings. The molecule has 3 rings (SSSR count). The van der Waals surface area contributed by atoms with E-state index in [-0.39, 0.29) is 6.04 Å². The lowest BCUT2D eigenvalue weighted by Crippen LogP contribution is -2.14. The van der Waals surface area contributed by atoms with Crippen LogP contribution in [-0.4, -0.2) is 12.1 Å². The zero-order chi connectivity index (χ0) is 14.8. The smallest absolute Gasteiger partial charge is 0.124 e. The minimum atomic E-state index is -0.265. The second kappa shape index (κ2) is 5.54. The largest absolute Gasteiger partial charge is 0.496 e. The SMILES string of the molecule is COc1cc(C)ccc1C(N)c1cncc2ccccc12. The van der Waals surface area contributed by atoms with E-state index >= 15 is 0 Å². The highest BCUT2D eigenvalue weighted by Gasteiger charge is 2.16. The predicted molar refractivity (Wildman–Crippen MR) is 85.5 cm³/mol. The number of aryl methyl sites for hydroxylation is 1. The number of rotatable bonds is 3. The molecule has 0 spiro atoms. The number of fused-ring (bicyclic) bond motifs is 1. The van der Waals surface area contributed by atoms with E-state index in [1.165, 1.54) is 0 Å². The summed E-state index contributed by atoms with van der Waals surface area (Å²) in [6, 6.07) is 14.0. The lowest BCUT2D eigenvalue weighted by molar-refractivity contribution is 0.407. The minimum Gasteiger partial charge on any atom is -0.496 e. The number of benzene rings is 2. The molecule has 0 amide bonds. The number of hydrogen-bond acceptors (Lipinski definition) is 3. The van der Waals surface area contributed by atoms with Gasteiger partial charge in [-0.2, -0.15) is 0 Å². The molecule has 0 aliphatic rings. The third-order valence-electron chi connectivity index (χ3n) is 3.76. The number of nitrogens with zero attached hydrogens (tertiary/aromatic N) is 1. The van der Waals surface area contributed by atoms with Crippen molar-refractivity contribution >= 4 is 10.8 Å². The maximum absolute atomic E-state index is 6.49. The normalized spacial score (nSPS) is 12.3. The maximum Gasteiger partial charge on any atom is 0.124 e. The zero-order valence-corrected chi connectivity index (χ0v) is 12.2. The van der Waals surface area contributed by atoms with Crippen molar-refractivity contribution < 1.29 is 4.74 Å². The third-order valence-corrected chi connectivity index (χ3v) is 3.76. The molecule has 1 aromatic heterocycles. The van der Waals surface area contributed by atoms with E-state index in [1.807, 2.05) is 49.6 Å². The number of aromatic nitrogens is 1. The van der Waals surface area contributed by atoms with Crippen molar-refractivity contribution in [3.8, 4) is 5.75 Å². The molecule has 0 saturated heterocycles. The molecule has 0 saturated carbocycles. The lowest BCUT2D eigenvalue weighted by atomic mass is 9.95. The molecule has 1 atom stereocenters. The summed E-state index contributed by atoms with van der Waals surface area (Å²) in [6.45, 7) is 2.04. The van der Waals surface area contributed by atoms with Crippen molar-refractivity contribution in [3.05, 3.63) is 71.5 Å². The average Bonchev–Trinajstić information content (AvgIpc) is 2.53. The van der Waals surface area contributed by atoms with Gasteiger partial charge in [0.2, 0.25) is 0 Å². The van der Waals surface area contributed by atoms with E-state index in [9.17, 15) is 0 Å². The standard InChI is InChI=1S/C18H18N2O/c1-12-7-8-15(17(9-12)21-2)18(19)16-11-20-10-13-5-3-4-6-14(13)16/h3-11,18H,19H2,1-2H3. The quantitative estimate of drug-likeness (QED) is 0.796. The molecule has 0 aliphatic heterocycles. The minimum absolute atomic E-state index is 0.265. The fraction of sp³-hybridized carbons (Fsp3) is 0.167. The van der Waals surface area contributed by atoms with Gasteiger partial charge in [-0.15, -0.1) is 0 Å². The Morgan fingerprint density at radius 3 is 2.67 bits per heavy atom. The summed E-state index contributed by atoms with van der Waals surface area (Å²) < 4.78 is 5.48. The molecular weight excluding hydrogens is 260 g/mol. The molecule has 1 unspecified atom stereocenters. The highest BCUT2D eigenvalue weighted by molar-refractivity contribution is 5.85. The van der Waals surface area contributed by atoms with Crippen LogP contribution in [0.15, 0.2) is 54.9 Å². The van der Waals surface area contributed by atoms with Crippen LogP contribution in [0.1, 0.15) is 22.7 Å². The van der Waals surface area contributed by atoms with Gasteiger partial charge >= 0.3 is 0 Å². The van der Waals surface area contributed by atoms with Crippen LogP contribution in [0.3, 0.4) is 0 Å². The van der Waals surface area contributed by atoms with E-state index in [0.29, 0.717) is 0 Å². The first-order valence-electron chi connectivity index (χ1n) is 6.93. The molecule has 2 N–H and O–H groups in total. The Bertz CT molecular complexity index is 778. The molecule has 3 heteroatoms. The zero-order valence-electron chi connectivity index (χ0n) is 12.2. The second-order valence-electron chi connectivity index (χ2n) is 5.17. The first kappa shape index (κ1) is 13.6. The van der Waals surface area contributed by atoms with Gasteiger partial charge in [0.1, 0.15) is 5.75 Å². The molecule has 0 radical (unpaired) electrons. The van der Waals surface area contributed by atoms with Crippen LogP contribution >= 0.6 is 0 Å². The van der Waals surface area contributed by atoms with E-state index in [0.717, 1.165) is 33.2 Å². The molecule has 1 heterocycles. The van der Waals surface area contributed by atoms with E-state index in [4.69, 9.17) is 10.5 Å². The summed E-state index contributed by atoms with van der Waals surface area (Å²) in [4.78, 5) is 4.31. The number of methoxy groups -OCH3 is 1. The van der Waals surface area contributed by atoms with Crippen molar-refractivity contribution in [2.45, 2.75) is 13.0 Å². The predicted octanol–water partition coefficient (Wildman–Crippen LogP) is 3.60. The summed E-state index contributed by atoms with van der Waals surface area (Å²) in [5, 5.41) is 2.22. The monoisotopic (exact) mass is 278 g/mol. The molecule has 21 heavy (non-hydrogen) atoms. The molecule has 2 aromatic carbocycles. The Kier molecular flexibility index (Phi) is 3.59. The topological polar surface area (TPSA) is 48.1 Å². The second-order valence-corrected chi connectivity index (χ2v) is 5.17. The number of nitrogens with two attached hydrogens (primary N) is 1. The molecule has 3 nitrogen and oxygen atoms in total. The Morgan fingerprint density at radius 1 is 1.05 bits per heavy atom. The fourth-order valence-electron chi connectivity index (χ4n) is 2.63. The van der Waals surface area contributed by atoms with Crippen molar-refractivity contribution in [2.75, 3.05) is 7.11 Å². The van der Waals surface area contributed by atoms with Crippen LogP contribution in [0, 0.1) is 6.92 Å². The average molecular weight is 278 g/mol. The van der Waals surface area contributed by atoms with Crippen LogP contribution in [-0.2, 0) is 0 Å². The van der Waals surface area contributed by atoms with Gasteiger partial charge in [-0.25, -0.2) is 0 Å². The maximum atomic E-state index is 6.49. The highest BCUT2D eigenvalue weighted by Crippen LogP contribution is 2.32. The van der Waals surface area contributed by atoms with Gasteiger partial charge in [0, 0.05) is 23.3 Å². The lowest BCUT2D eigenvalue weighted by Gasteiger charge is -2.18. The highest BCUT2D eigenvalue weighted by atomic mass is 16.5. The molecule has 106 valence electrons. The molecule has 0 aliphatic carbocycles. The van der Waals surface area contributed by atoms with Crippen LogP contribution in [0.5, 0.6) is 5.75 Å². The summed E-state index contributed by atoms with van der Waals surface area (Å²) in [5.74, 6) is 0.815. The molecular formula is C18H18N2O. The third kappa shape index (κ3) is 2.48. The number of ether oxygens (including phenoxy) is 1. The molecule has 0 bridgehead atoms. The van der Waals surface area contributed by atoms with Gasteiger partial charge in [0.15, 0.2) is 0 Å². The van der Waals surface area contributed by atoms with E-state index < -0.39 is 0 Å². The van der Waals surface area contributed by atoms with Crippen LogP contribution < -0.4 is 10.5 Å². The Balaban J connectivity index is 2.15. The van der Waals surface area contributed by atoms with Gasteiger partial charge in [-0.1, -0.05) is 36.4 Å². The number of pyridine rings is 1. The Labute approximate surface area is 124 Å². The van der Waals surface area contributed by atoms with Gasteiger partial charge in [-0.3, -0.25) is 4.98 Å². The van der Waals surface area contributed by atoms with Crippen LogP contribution in [0.2, 0.25) is 0 Å². The van der Waals surface area contributed by atoms with Gasteiger partial charge in [0.25, 0.3) is 0 Å². The summed E-state index contributed by atoms with van der Waals surface area (Å²) in [6.07, 6.45) is 3.70. The summed E-state index contributed by atoms with van der Waals surface area (Å²) >= 11 is 0. The van der Waals surface area contributed by atoms with Crippen LogP contribution in [0.4, 0.5) is 0 Å².